The fraction of sp³-hybridized carbons (Fsp3) is 0.259. The quantitative estimate of drug-likeness (QED) is 0.411. The van der Waals surface area contributed by atoms with E-state index in [2.05, 4.69) is 5.32 Å². The van der Waals surface area contributed by atoms with Crippen LogP contribution in [-0.4, -0.2) is 52.0 Å². The van der Waals surface area contributed by atoms with E-state index in [0.717, 1.165) is 17.7 Å². The molecule has 1 N–H and O–H groups in total. The van der Waals surface area contributed by atoms with Crippen molar-refractivity contribution in [2.45, 2.75) is 23.8 Å². The molecule has 3 aromatic carbocycles. The van der Waals surface area contributed by atoms with Crippen LogP contribution in [0.25, 0.3) is 0 Å². The number of rotatable bonds is 9. The summed E-state index contributed by atoms with van der Waals surface area (Å²) in [6.07, 6.45) is 0.139. The molecule has 0 radical (unpaired) electrons. The van der Waals surface area contributed by atoms with Gasteiger partial charge in [0.05, 0.1) is 37.3 Å². The molecule has 9 nitrogen and oxygen atoms in total. The molecule has 0 fully saturated rings. The maximum absolute atomic E-state index is 13.4. The first-order valence-electron chi connectivity index (χ1n) is 11.8. The maximum Gasteiger partial charge on any atom is 0.308 e. The first-order chi connectivity index (χ1) is 18.2. The Hall–Kier alpha value is -3.96. The van der Waals surface area contributed by atoms with Crippen molar-refractivity contribution in [3.05, 3.63) is 83.7 Å². The number of ether oxygens (including phenoxy) is 3. The van der Waals surface area contributed by atoms with Gasteiger partial charge in [0.2, 0.25) is 10.0 Å². The molecular formula is C27H27FN2O7S. The number of fused-ring (bicyclic) bond motifs is 1. The van der Waals surface area contributed by atoms with Gasteiger partial charge in [-0.1, -0.05) is 24.3 Å². The highest BCUT2D eigenvalue weighted by molar-refractivity contribution is 7.89. The van der Waals surface area contributed by atoms with Crippen molar-refractivity contribution >= 4 is 27.6 Å². The van der Waals surface area contributed by atoms with E-state index in [1.165, 1.54) is 30.7 Å². The Morgan fingerprint density at radius 1 is 1.03 bits per heavy atom. The summed E-state index contributed by atoms with van der Waals surface area (Å²) < 4.78 is 57.1. The van der Waals surface area contributed by atoms with Crippen molar-refractivity contribution in [2.75, 3.05) is 32.7 Å². The van der Waals surface area contributed by atoms with Crippen molar-refractivity contribution in [1.82, 2.24) is 4.31 Å². The highest BCUT2D eigenvalue weighted by Crippen LogP contribution is 2.36. The van der Waals surface area contributed by atoms with Gasteiger partial charge >= 0.3 is 5.97 Å². The van der Waals surface area contributed by atoms with Gasteiger partial charge in [-0.2, -0.15) is 4.31 Å². The lowest BCUT2D eigenvalue weighted by Gasteiger charge is -2.36. The molecule has 38 heavy (non-hydrogen) atoms. The molecule has 0 bridgehead atoms. The van der Waals surface area contributed by atoms with Gasteiger partial charge in [0.15, 0.2) is 6.61 Å². The Labute approximate surface area is 220 Å². The largest absolute Gasteiger partial charge is 0.497 e. The number of sulfonamides is 1. The molecule has 1 aliphatic heterocycles. The van der Waals surface area contributed by atoms with Gasteiger partial charge in [-0.3, -0.25) is 9.59 Å². The molecule has 1 atom stereocenters. The Morgan fingerprint density at radius 2 is 1.76 bits per heavy atom. The summed E-state index contributed by atoms with van der Waals surface area (Å²) in [5.41, 5.74) is 1.93. The molecule has 3 aromatic rings. The van der Waals surface area contributed by atoms with Gasteiger partial charge in [-0.15, -0.1) is 0 Å². The number of halogens is 1. The Bertz CT molecular complexity index is 1430. The Balaban J connectivity index is 1.49. The summed E-state index contributed by atoms with van der Waals surface area (Å²) in [6, 6.07) is 15.8. The van der Waals surface area contributed by atoms with Crippen LogP contribution in [0.5, 0.6) is 11.5 Å². The molecule has 0 aromatic heterocycles. The topological polar surface area (TPSA) is 111 Å². The Kier molecular flexibility index (Phi) is 8.28. The van der Waals surface area contributed by atoms with Crippen molar-refractivity contribution in [3.8, 4) is 11.5 Å². The number of nitrogens with one attached hydrogen (secondary N) is 1. The first-order valence-corrected chi connectivity index (χ1v) is 13.2. The van der Waals surface area contributed by atoms with E-state index >= 15 is 0 Å². The summed E-state index contributed by atoms with van der Waals surface area (Å²) in [6.45, 7) is -0.455. The predicted octanol–water partition coefficient (Wildman–Crippen LogP) is 3.70. The fourth-order valence-corrected chi connectivity index (χ4v) is 5.94. The lowest BCUT2D eigenvalue weighted by Crippen LogP contribution is -2.41. The Morgan fingerprint density at radius 3 is 2.47 bits per heavy atom. The van der Waals surface area contributed by atoms with Crippen molar-refractivity contribution in [1.29, 1.82) is 0 Å². The van der Waals surface area contributed by atoms with Crippen LogP contribution < -0.4 is 14.8 Å². The zero-order valence-electron chi connectivity index (χ0n) is 20.8. The molecule has 0 spiro atoms. The van der Waals surface area contributed by atoms with Gasteiger partial charge in [0.1, 0.15) is 17.3 Å². The van der Waals surface area contributed by atoms with Gasteiger partial charge in [-0.05, 0) is 53.9 Å². The van der Waals surface area contributed by atoms with Crippen LogP contribution in [-0.2, 0) is 30.8 Å². The van der Waals surface area contributed by atoms with Crippen LogP contribution in [0.1, 0.15) is 23.6 Å². The normalized spacial score (nSPS) is 15.3. The van der Waals surface area contributed by atoms with E-state index in [9.17, 15) is 22.4 Å². The maximum atomic E-state index is 13.4. The standard InChI is InChI=1S/C27H27FN2O7S/c1-35-20-9-12-25(36-2)23(15-20)29-26(31)17-37-27(32)16-24-22-6-4-3-5-18(22)13-14-30(24)38(33,34)21-10-7-19(28)8-11-21/h3-12,15,24H,13-14,16-17H2,1-2H3,(H,29,31). The predicted molar refractivity (Wildman–Crippen MR) is 137 cm³/mol. The molecule has 1 amide bonds. The second-order valence-electron chi connectivity index (χ2n) is 8.51. The third-order valence-electron chi connectivity index (χ3n) is 6.19. The first kappa shape index (κ1) is 27.1. The van der Waals surface area contributed by atoms with Gasteiger partial charge in [0.25, 0.3) is 5.91 Å². The third kappa shape index (κ3) is 5.95. The second-order valence-corrected chi connectivity index (χ2v) is 10.4. The lowest BCUT2D eigenvalue weighted by atomic mass is 9.92. The van der Waals surface area contributed by atoms with E-state index in [1.807, 2.05) is 12.1 Å². The number of hydrogen-bond acceptors (Lipinski definition) is 7. The number of methoxy groups -OCH3 is 2. The number of benzene rings is 3. The smallest absolute Gasteiger partial charge is 0.308 e. The van der Waals surface area contributed by atoms with E-state index in [1.54, 1.807) is 30.3 Å². The minimum atomic E-state index is -4.05. The molecule has 0 aliphatic carbocycles. The van der Waals surface area contributed by atoms with Crippen molar-refractivity contribution in [3.63, 3.8) is 0 Å². The highest BCUT2D eigenvalue weighted by Gasteiger charge is 2.38. The van der Waals surface area contributed by atoms with Crippen molar-refractivity contribution in [2.24, 2.45) is 0 Å². The van der Waals surface area contributed by atoms with E-state index in [4.69, 9.17) is 14.2 Å². The van der Waals surface area contributed by atoms with E-state index < -0.39 is 40.4 Å². The number of amides is 1. The number of carbonyl (C=O) groups is 2. The number of anilines is 1. The van der Waals surface area contributed by atoms with Crippen LogP contribution in [0.15, 0.2) is 71.6 Å². The fourth-order valence-electron chi connectivity index (χ4n) is 4.33. The minimum absolute atomic E-state index is 0.0803. The van der Waals surface area contributed by atoms with Crippen LogP contribution in [0.2, 0.25) is 0 Å². The SMILES string of the molecule is COc1ccc(OC)c(NC(=O)COC(=O)CC2c3ccccc3CCN2S(=O)(=O)c2ccc(F)cc2)c1. The average molecular weight is 543 g/mol. The molecular weight excluding hydrogens is 515 g/mol. The minimum Gasteiger partial charge on any atom is -0.497 e. The zero-order valence-corrected chi connectivity index (χ0v) is 21.7. The number of nitrogens with zero attached hydrogens (tertiary/aromatic N) is 1. The van der Waals surface area contributed by atoms with Gasteiger partial charge in [0, 0.05) is 12.6 Å². The second kappa shape index (κ2) is 11.6. The highest BCUT2D eigenvalue weighted by atomic mass is 32.2. The van der Waals surface area contributed by atoms with E-state index in [-0.39, 0.29) is 17.9 Å². The number of carbonyl (C=O) groups excluding carboxylic acids is 2. The van der Waals surface area contributed by atoms with E-state index in [0.29, 0.717) is 29.2 Å². The lowest BCUT2D eigenvalue weighted by molar-refractivity contribution is -0.148. The van der Waals surface area contributed by atoms with Crippen LogP contribution in [0.3, 0.4) is 0 Å². The van der Waals surface area contributed by atoms with Gasteiger partial charge in [-0.25, -0.2) is 12.8 Å². The molecule has 4 rings (SSSR count). The average Bonchev–Trinajstić information content (AvgIpc) is 2.92. The number of esters is 1. The monoisotopic (exact) mass is 542 g/mol. The molecule has 11 heteroatoms. The molecule has 200 valence electrons. The molecule has 0 saturated heterocycles. The van der Waals surface area contributed by atoms with Crippen molar-refractivity contribution < 1.29 is 36.6 Å². The summed E-state index contributed by atoms with van der Waals surface area (Å²) >= 11 is 0. The summed E-state index contributed by atoms with van der Waals surface area (Å²) in [5.74, 6) is -1.02. The molecule has 0 saturated carbocycles. The number of hydrogen-bond donors (Lipinski definition) is 1. The van der Waals surface area contributed by atoms with Crippen LogP contribution in [0, 0.1) is 5.82 Å². The molecule has 1 aliphatic rings. The van der Waals surface area contributed by atoms with Crippen LogP contribution in [0.4, 0.5) is 10.1 Å². The molecule has 1 unspecified atom stereocenters. The zero-order chi connectivity index (χ0) is 27.3. The van der Waals surface area contributed by atoms with Crippen LogP contribution >= 0.6 is 0 Å². The van der Waals surface area contributed by atoms with Gasteiger partial charge < -0.3 is 19.5 Å². The summed E-state index contributed by atoms with van der Waals surface area (Å²) in [5, 5.41) is 2.61. The molecule has 1 heterocycles. The third-order valence-corrected chi connectivity index (χ3v) is 8.11. The summed E-state index contributed by atoms with van der Waals surface area (Å²) in [4.78, 5) is 25.2. The summed E-state index contributed by atoms with van der Waals surface area (Å²) in [7, 11) is -1.11.